The van der Waals surface area contributed by atoms with Crippen LogP contribution in [0, 0.1) is 11.7 Å². The van der Waals surface area contributed by atoms with E-state index in [2.05, 4.69) is 28.7 Å². The second-order valence-electron chi connectivity index (χ2n) is 9.77. The van der Waals surface area contributed by atoms with E-state index in [0.717, 1.165) is 75.1 Å². The highest BCUT2D eigenvalue weighted by molar-refractivity contribution is 7.89. The summed E-state index contributed by atoms with van der Waals surface area (Å²) in [5.74, 6) is 1.87. The summed E-state index contributed by atoms with van der Waals surface area (Å²) in [6, 6.07) is 5.05. The molecule has 0 aliphatic carbocycles. The van der Waals surface area contributed by atoms with Crippen LogP contribution < -0.4 is 9.80 Å². The molecular weight excluding hydrogens is 455 g/mol. The number of rotatable bonds is 4. The average molecular weight is 489 g/mol. The van der Waals surface area contributed by atoms with Gasteiger partial charge in [0.1, 0.15) is 11.6 Å². The van der Waals surface area contributed by atoms with E-state index in [1.165, 1.54) is 28.6 Å². The Kier molecular flexibility index (Phi) is 6.47. The molecule has 4 heterocycles. The van der Waals surface area contributed by atoms with Gasteiger partial charge in [-0.15, -0.1) is 0 Å². The van der Waals surface area contributed by atoms with Gasteiger partial charge in [0.25, 0.3) is 0 Å². The van der Waals surface area contributed by atoms with E-state index in [1.54, 1.807) is 0 Å². The number of halogens is 1. The van der Waals surface area contributed by atoms with E-state index >= 15 is 0 Å². The van der Waals surface area contributed by atoms with Gasteiger partial charge in [0.15, 0.2) is 0 Å². The molecule has 10 heteroatoms. The first-order valence-corrected chi connectivity index (χ1v) is 13.6. The number of benzene rings is 1. The van der Waals surface area contributed by atoms with E-state index in [-0.39, 0.29) is 11.4 Å². The molecule has 2 aromatic rings. The minimum absolute atomic E-state index is 0.112. The molecule has 34 heavy (non-hydrogen) atoms. The van der Waals surface area contributed by atoms with Crippen molar-refractivity contribution in [3.63, 3.8) is 0 Å². The molecule has 0 radical (unpaired) electrons. The number of likely N-dealkylation sites (N-methyl/N-ethyl adjacent to an activating group) is 1. The van der Waals surface area contributed by atoms with Gasteiger partial charge >= 0.3 is 0 Å². The van der Waals surface area contributed by atoms with Crippen molar-refractivity contribution in [2.75, 3.05) is 62.7 Å². The summed E-state index contributed by atoms with van der Waals surface area (Å²) in [7, 11) is -1.61. The molecule has 5 rings (SSSR count). The number of nitrogens with zero attached hydrogens (tertiary/aromatic N) is 6. The summed E-state index contributed by atoms with van der Waals surface area (Å²) in [6.45, 7) is 8.41. The third-order valence-electron chi connectivity index (χ3n) is 7.31. The first kappa shape index (κ1) is 23.4. The van der Waals surface area contributed by atoms with Gasteiger partial charge in [-0.3, -0.25) is 0 Å². The van der Waals surface area contributed by atoms with Crippen molar-refractivity contribution >= 4 is 21.8 Å². The Bertz CT molecular complexity index is 1130. The van der Waals surface area contributed by atoms with Gasteiger partial charge < -0.3 is 14.7 Å². The lowest BCUT2D eigenvalue weighted by Crippen LogP contribution is -2.46. The SMILES string of the molecule is CC1CCN(c2nc(N3CCN(C)CC3)nc3c2CN(S(=O)(=O)c2ccc(F)cc2)CC3)CC1. The van der Waals surface area contributed by atoms with Crippen molar-refractivity contribution in [3.8, 4) is 0 Å². The molecule has 2 fully saturated rings. The molecule has 0 spiro atoms. The number of piperidine rings is 1. The number of piperazine rings is 1. The quantitative estimate of drug-likeness (QED) is 0.654. The van der Waals surface area contributed by atoms with Crippen LogP contribution in [0.15, 0.2) is 29.2 Å². The zero-order chi connectivity index (χ0) is 23.9. The molecule has 0 bridgehead atoms. The Morgan fingerprint density at radius 1 is 0.912 bits per heavy atom. The summed E-state index contributed by atoms with van der Waals surface area (Å²) in [4.78, 5) is 16.9. The maximum absolute atomic E-state index is 13.4. The van der Waals surface area contributed by atoms with Gasteiger partial charge in [0.05, 0.1) is 10.6 Å². The summed E-state index contributed by atoms with van der Waals surface area (Å²) in [5.41, 5.74) is 1.85. The third-order valence-corrected chi connectivity index (χ3v) is 9.17. The second kappa shape index (κ2) is 9.39. The van der Waals surface area contributed by atoms with E-state index in [0.29, 0.717) is 18.9 Å². The van der Waals surface area contributed by atoms with Gasteiger partial charge in [-0.05, 0) is 50.1 Å². The fourth-order valence-corrected chi connectivity index (χ4v) is 6.36. The predicted molar refractivity (Wildman–Crippen MR) is 130 cm³/mol. The normalized spacial score (nSPS) is 21.0. The smallest absolute Gasteiger partial charge is 0.243 e. The number of hydrogen-bond donors (Lipinski definition) is 0. The summed E-state index contributed by atoms with van der Waals surface area (Å²) < 4.78 is 41.5. The van der Waals surface area contributed by atoms with E-state index < -0.39 is 15.8 Å². The second-order valence-corrected chi connectivity index (χ2v) is 11.7. The largest absolute Gasteiger partial charge is 0.356 e. The van der Waals surface area contributed by atoms with Crippen LogP contribution >= 0.6 is 0 Å². The summed E-state index contributed by atoms with van der Waals surface area (Å²) in [5, 5.41) is 0. The van der Waals surface area contributed by atoms with Crippen LogP contribution in [-0.4, -0.2) is 80.5 Å². The number of hydrogen-bond acceptors (Lipinski definition) is 7. The predicted octanol–water partition coefficient (Wildman–Crippen LogP) is 2.35. The fourth-order valence-electron chi connectivity index (χ4n) is 4.95. The molecule has 0 amide bonds. The van der Waals surface area contributed by atoms with Crippen molar-refractivity contribution in [1.82, 2.24) is 19.2 Å². The first-order chi connectivity index (χ1) is 16.3. The Morgan fingerprint density at radius 2 is 1.59 bits per heavy atom. The summed E-state index contributed by atoms with van der Waals surface area (Å²) >= 11 is 0. The van der Waals surface area contributed by atoms with E-state index in [1.807, 2.05) is 0 Å². The van der Waals surface area contributed by atoms with Gasteiger partial charge in [-0.1, -0.05) is 6.92 Å². The maximum atomic E-state index is 13.4. The van der Waals surface area contributed by atoms with Crippen LogP contribution in [-0.2, 0) is 23.0 Å². The number of anilines is 2. The van der Waals surface area contributed by atoms with Crippen LogP contribution in [0.4, 0.5) is 16.2 Å². The van der Waals surface area contributed by atoms with Crippen LogP contribution in [0.5, 0.6) is 0 Å². The monoisotopic (exact) mass is 488 g/mol. The molecule has 2 saturated heterocycles. The fraction of sp³-hybridized carbons (Fsp3) is 0.583. The zero-order valence-corrected chi connectivity index (χ0v) is 20.8. The molecule has 0 saturated carbocycles. The minimum Gasteiger partial charge on any atom is -0.356 e. The lowest BCUT2D eigenvalue weighted by atomic mass is 9.98. The number of fused-ring (bicyclic) bond motifs is 1. The first-order valence-electron chi connectivity index (χ1n) is 12.2. The van der Waals surface area contributed by atoms with Gasteiger partial charge in [-0.25, -0.2) is 17.8 Å². The van der Waals surface area contributed by atoms with Crippen molar-refractivity contribution < 1.29 is 12.8 Å². The molecule has 8 nitrogen and oxygen atoms in total. The van der Waals surface area contributed by atoms with Gasteiger partial charge in [0, 0.05) is 64.3 Å². The highest BCUT2D eigenvalue weighted by Crippen LogP contribution is 2.33. The Balaban J connectivity index is 1.49. The molecule has 3 aliphatic rings. The molecular formula is C24H33FN6O2S. The number of sulfonamides is 1. The summed E-state index contributed by atoms with van der Waals surface area (Å²) in [6.07, 6.45) is 2.73. The molecule has 0 atom stereocenters. The average Bonchev–Trinajstić information content (AvgIpc) is 2.84. The molecule has 184 valence electrons. The lowest BCUT2D eigenvalue weighted by molar-refractivity contribution is 0.310. The van der Waals surface area contributed by atoms with Crippen LogP contribution in [0.1, 0.15) is 31.0 Å². The topological polar surface area (TPSA) is 72.9 Å². The standard InChI is InChI=1S/C24H33FN6O2S/c1-18-7-10-29(11-8-18)23-21-17-31(34(32,33)20-5-3-19(25)4-6-20)12-9-22(21)26-24(27-23)30-15-13-28(2)14-16-30/h3-6,18H,7-17H2,1-2H3. The highest BCUT2D eigenvalue weighted by Gasteiger charge is 2.33. The molecule has 0 unspecified atom stereocenters. The number of aromatic nitrogens is 2. The Labute approximate surface area is 201 Å². The molecule has 1 aromatic carbocycles. The highest BCUT2D eigenvalue weighted by atomic mass is 32.2. The van der Waals surface area contributed by atoms with Gasteiger partial charge in [-0.2, -0.15) is 9.29 Å². The molecule has 1 aromatic heterocycles. The zero-order valence-electron chi connectivity index (χ0n) is 20.0. The molecule has 3 aliphatic heterocycles. The molecule has 0 N–H and O–H groups in total. The lowest BCUT2D eigenvalue weighted by Gasteiger charge is -2.37. The van der Waals surface area contributed by atoms with Crippen molar-refractivity contribution in [3.05, 3.63) is 41.3 Å². The Hall–Kier alpha value is -2.30. The van der Waals surface area contributed by atoms with Crippen molar-refractivity contribution in [1.29, 1.82) is 0 Å². The van der Waals surface area contributed by atoms with Crippen LogP contribution in [0.3, 0.4) is 0 Å². The van der Waals surface area contributed by atoms with Crippen LogP contribution in [0.2, 0.25) is 0 Å². The van der Waals surface area contributed by atoms with E-state index in [4.69, 9.17) is 9.97 Å². The van der Waals surface area contributed by atoms with E-state index in [9.17, 15) is 12.8 Å². The maximum Gasteiger partial charge on any atom is 0.243 e. The van der Waals surface area contributed by atoms with Crippen molar-refractivity contribution in [2.45, 2.75) is 37.6 Å². The van der Waals surface area contributed by atoms with Gasteiger partial charge in [0.2, 0.25) is 16.0 Å². The van der Waals surface area contributed by atoms with Crippen LogP contribution in [0.25, 0.3) is 0 Å². The van der Waals surface area contributed by atoms with Crippen molar-refractivity contribution in [2.24, 2.45) is 5.92 Å². The third kappa shape index (κ3) is 4.63. The minimum atomic E-state index is -3.74. The Morgan fingerprint density at radius 3 is 2.26 bits per heavy atom.